The maximum absolute atomic E-state index is 12.7. The van der Waals surface area contributed by atoms with Gasteiger partial charge in [-0.25, -0.2) is 8.42 Å². The number of carbonyl (C=O) groups excluding carboxylic acids is 1. The number of hydrogen-bond acceptors (Lipinski definition) is 5. The molecule has 156 valence electrons. The Kier molecular flexibility index (Phi) is 8.51. The second kappa shape index (κ2) is 10.6. The van der Waals surface area contributed by atoms with Gasteiger partial charge in [0.25, 0.3) is 0 Å². The predicted octanol–water partition coefficient (Wildman–Crippen LogP) is 3.01. The molecule has 0 heterocycles. The predicted molar refractivity (Wildman–Crippen MR) is 115 cm³/mol. The van der Waals surface area contributed by atoms with Crippen molar-refractivity contribution >= 4 is 50.9 Å². The Balaban J connectivity index is 2.12. The van der Waals surface area contributed by atoms with Gasteiger partial charge in [0.2, 0.25) is 15.9 Å². The molecule has 0 aromatic heterocycles. The molecule has 0 aliphatic carbocycles. The first kappa shape index (κ1) is 23.2. The molecule has 1 atom stereocenters. The molecule has 7 nitrogen and oxygen atoms in total. The van der Waals surface area contributed by atoms with Crippen LogP contribution in [0, 0.1) is 0 Å². The van der Waals surface area contributed by atoms with E-state index < -0.39 is 27.9 Å². The van der Waals surface area contributed by atoms with Crippen LogP contribution in [-0.4, -0.2) is 43.5 Å². The van der Waals surface area contributed by atoms with Crippen molar-refractivity contribution in [2.75, 3.05) is 17.3 Å². The molecule has 0 aliphatic heterocycles. The third kappa shape index (κ3) is 7.36. The quantitative estimate of drug-likeness (QED) is 0.506. The van der Waals surface area contributed by atoms with Crippen LogP contribution in [0.2, 0.25) is 5.02 Å². The number of carboxylic acids is 1. The van der Waals surface area contributed by atoms with Gasteiger partial charge in [-0.15, -0.1) is 0 Å². The van der Waals surface area contributed by atoms with E-state index in [9.17, 15) is 18.0 Å². The molecule has 3 N–H and O–H groups in total. The van der Waals surface area contributed by atoms with Gasteiger partial charge in [0, 0.05) is 10.7 Å². The van der Waals surface area contributed by atoms with Crippen molar-refractivity contribution in [3.63, 3.8) is 0 Å². The summed E-state index contributed by atoms with van der Waals surface area (Å²) in [4.78, 5) is 23.4. The van der Waals surface area contributed by atoms with E-state index in [-0.39, 0.29) is 11.3 Å². The van der Waals surface area contributed by atoms with E-state index in [1.165, 1.54) is 36.0 Å². The Morgan fingerprint density at radius 2 is 1.72 bits per heavy atom. The summed E-state index contributed by atoms with van der Waals surface area (Å²) in [5.74, 6) is -0.864. The summed E-state index contributed by atoms with van der Waals surface area (Å²) in [6.45, 7) is 0. The van der Waals surface area contributed by atoms with E-state index >= 15 is 0 Å². The zero-order chi connectivity index (χ0) is 21.4. The van der Waals surface area contributed by atoms with E-state index in [2.05, 4.69) is 10.0 Å². The van der Waals surface area contributed by atoms with Gasteiger partial charge < -0.3 is 10.4 Å². The number of carbonyl (C=O) groups is 2. The molecule has 0 saturated carbocycles. The Labute approximate surface area is 178 Å². The first-order valence-corrected chi connectivity index (χ1v) is 11.8. The first-order chi connectivity index (χ1) is 13.7. The maximum atomic E-state index is 12.7. The normalized spacial score (nSPS) is 12.3. The lowest BCUT2D eigenvalue weighted by molar-refractivity contribution is -0.136. The van der Waals surface area contributed by atoms with Gasteiger partial charge in [-0.3, -0.25) is 9.59 Å². The van der Waals surface area contributed by atoms with Gasteiger partial charge in [-0.1, -0.05) is 23.7 Å². The highest BCUT2D eigenvalue weighted by atomic mass is 35.5. The second-order valence-corrected chi connectivity index (χ2v) is 9.30. The Morgan fingerprint density at radius 1 is 1.10 bits per heavy atom. The molecule has 2 aromatic rings. The molecule has 0 bridgehead atoms. The molecule has 29 heavy (non-hydrogen) atoms. The number of hydrogen-bond donors (Lipinski definition) is 3. The van der Waals surface area contributed by atoms with Crippen LogP contribution in [0.5, 0.6) is 0 Å². The third-order valence-electron chi connectivity index (χ3n) is 3.93. The number of thioether (sulfide) groups is 1. The lowest BCUT2D eigenvalue weighted by atomic mass is 10.1. The number of carboxylic acid groups (broad SMARTS) is 1. The fourth-order valence-corrected chi connectivity index (χ4v) is 4.29. The van der Waals surface area contributed by atoms with E-state index in [0.717, 1.165) is 0 Å². The van der Waals surface area contributed by atoms with Gasteiger partial charge in [-0.2, -0.15) is 16.5 Å². The van der Waals surface area contributed by atoms with Crippen LogP contribution >= 0.6 is 23.4 Å². The molecule has 2 aromatic carbocycles. The van der Waals surface area contributed by atoms with Gasteiger partial charge in [0.05, 0.1) is 11.3 Å². The van der Waals surface area contributed by atoms with E-state index in [4.69, 9.17) is 16.7 Å². The molecule has 1 amide bonds. The highest BCUT2D eigenvalue weighted by molar-refractivity contribution is 7.98. The van der Waals surface area contributed by atoms with E-state index in [1.807, 2.05) is 6.26 Å². The summed E-state index contributed by atoms with van der Waals surface area (Å²) in [5.41, 5.74) is 1.04. The average Bonchev–Trinajstić information content (AvgIpc) is 2.66. The largest absolute Gasteiger partial charge is 0.481 e. The Bertz CT molecular complexity index is 948. The molecule has 0 saturated heterocycles. The maximum Gasteiger partial charge on any atom is 0.307 e. The molecule has 0 fully saturated rings. The van der Waals surface area contributed by atoms with Crippen molar-refractivity contribution in [2.45, 2.75) is 23.8 Å². The van der Waals surface area contributed by atoms with E-state index in [0.29, 0.717) is 28.4 Å². The topological polar surface area (TPSA) is 113 Å². The smallest absolute Gasteiger partial charge is 0.307 e. The molecule has 0 radical (unpaired) electrons. The number of anilines is 1. The number of amides is 1. The molecular formula is C19H21ClN2O5S2. The fraction of sp³-hybridized carbons (Fsp3) is 0.263. The Hall–Kier alpha value is -2.07. The lowest BCUT2D eigenvalue weighted by Crippen LogP contribution is -2.44. The standard InChI is InChI=1S/C19H21ClN2O5S2/c1-28-11-10-17(22-29(26,27)16-8-4-14(20)5-9-16)19(25)21-15-6-2-13(3-7-15)12-18(23)24/h2-9,17,22H,10-12H2,1H3,(H,21,25)(H,23,24)/t17-/m0/s1. The first-order valence-electron chi connectivity index (χ1n) is 8.59. The van der Waals surface area contributed by atoms with Crippen molar-refractivity contribution in [2.24, 2.45) is 0 Å². The second-order valence-electron chi connectivity index (χ2n) is 6.17. The zero-order valence-electron chi connectivity index (χ0n) is 15.6. The summed E-state index contributed by atoms with van der Waals surface area (Å²) >= 11 is 7.30. The molecule has 10 heteroatoms. The molecular weight excluding hydrogens is 436 g/mol. The van der Waals surface area contributed by atoms with Crippen LogP contribution in [0.4, 0.5) is 5.69 Å². The van der Waals surface area contributed by atoms with Gasteiger partial charge in [0.1, 0.15) is 6.04 Å². The summed E-state index contributed by atoms with van der Waals surface area (Å²) in [6.07, 6.45) is 2.05. The molecule has 0 unspecified atom stereocenters. The summed E-state index contributed by atoms with van der Waals surface area (Å²) in [7, 11) is -3.91. The number of sulfonamides is 1. The Morgan fingerprint density at radius 3 is 2.28 bits per heavy atom. The van der Waals surface area contributed by atoms with Crippen molar-refractivity contribution in [1.82, 2.24) is 4.72 Å². The third-order valence-corrected chi connectivity index (χ3v) is 6.31. The van der Waals surface area contributed by atoms with Gasteiger partial charge in [0.15, 0.2) is 0 Å². The lowest BCUT2D eigenvalue weighted by Gasteiger charge is -2.18. The SMILES string of the molecule is CSCC[C@H](NS(=O)(=O)c1ccc(Cl)cc1)C(=O)Nc1ccc(CC(=O)O)cc1. The summed E-state index contributed by atoms with van der Waals surface area (Å²) in [5, 5.41) is 11.9. The van der Waals surface area contributed by atoms with Crippen LogP contribution in [0.15, 0.2) is 53.4 Å². The van der Waals surface area contributed by atoms with Crippen molar-refractivity contribution in [3.8, 4) is 0 Å². The fourth-order valence-electron chi connectivity index (χ4n) is 2.46. The van der Waals surface area contributed by atoms with Gasteiger partial charge in [-0.05, 0) is 60.4 Å². The van der Waals surface area contributed by atoms with Crippen LogP contribution in [0.3, 0.4) is 0 Å². The monoisotopic (exact) mass is 456 g/mol. The minimum absolute atomic E-state index is 0.0156. The van der Waals surface area contributed by atoms with Crippen LogP contribution < -0.4 is 10.0 Å². The van der Waals surface area contributed by atoms with Crippen molar-refractivity contribution < 1.29 is 23.1 Å². The molecule has 2 rings (SSSR count). The minimum atomic E-state index is -3.91. The van der Waals surface area contributed by atoms with Gasteiger partial charge >= 0.3 is 5.97 Å². The average molecular weight is 457 g/mol. The number of rotatable bonds is 10. The number of nitrogens with one attached hydrogen (secondary N) is 2. The highest BCUT2D eigenvalue weighted by Crippen LogP contribution is 2.16. The zero-order valence-corrected chi connectivity index (χ0v) is 18.0. The van der Waals surface area contributed by atoms with Crippen LogP contribution in [0.1, 0.15) is 12.0 Å². The summed E-state index contributed by atoms with van der Waals surface area (Å²) in [6, 6.07) is 11.0. The molecule has 0 aliphatic rings. The number of halogens is 1. The van der Waals surface area contributed by atoms with Crippen LogP contribution in [0.25, 0.3) is 0 Å². The van der Waals surface area contributed by atoms with Crippen LogP contribution in [-0.2, 0) is 26.0 Å². The number of benzene rings is 2. The van der Waals surface area contributed by atoms with E-state index in [1.54, 1.807) is 24.3 Å². The highest BCUT2D eigenvalue weighted by Gasteiger charge is 2.25. The minimum Gasteiger partial charge on any atom is -0.481 e. The van der Waals surface area contributed by atoms with Crippen molar-refractivity contribution in [3.05, 3.63) is 59.1 Å². The number of aliphatic carboxylic acids is 1. The van der Waals surface area contributed by atoms with Crippen molar-refractivity contribution in [1.29, 1.82) is 0 Å². The molecule has 0 spiro atoms. The summed E-state index contributed by atoms with van der Waals surface area (Å²) < 4.78 is 27.7.